The standard InChI is InChI=1S/C25H15NO2/c1-3-10-22-19(6-1)20-8-5-7-18(24(20)27-22)16-12-14-17(15-13-16)25-26-21-9-2-4-11-23(21)28-25/h1-15H. The molecule has 0 saturated heterocycles. The van der Waals surface area contributed by atoms with Gasteiger partial charge in [0, 0.05) is 21.9 Å². The molecular formula is C25H15NO2. The van der Waals surface area contributed by atoms with Crippen LogP contribution in [0.1, 0.15) is 0 Å². The molecule has 0 fully saturated rings. The Hall–Kier alpha value is -3.85. The molecule has 3 heteroatoms. The Balaban J connectivity index is 1.47. The Labute approximate surface area is 160 Å². The average molecular weight is 361 g/mol. The van der Waals surface area contributed by atoms with Gasteiger partial charge in [-0.3, -0.25) is 0 Å². The molecule has 0 N–H and O–H groups in total. The third kappa shape index (κ3) is 2.26. The third-order valence-electron chi connectivity index (χ3n) is 5.14. The lowest BCUT2D eigenvalue weighted by molar-refractivity contribution is 0.620. The van der Waals surface area contributed by atoms with Gasteiger partial charge in [0.15, 0.2) is 5.58 Å². The number of nitrogens with zero attached hydrogens (tertiary/aromatic N) is 1. The molecule has 132 valence electrons. The van der Waals surface area contributed by atoms with E-state index in [4.69, 9.17) is 8.83 Å². The molecule has 0 radical (unpaired) electrons. The molecule has 0 amide bonds. The van der Waals surface area contributed by atoms with Gasteiger partial charge in [-0.05, 0) is 35.9 Å². The minimum absolute atomic E-state index is 0.634. The van der Waals surface area contributed by atoms with Crippen molar-refractivity contribution in [3.8, 4) is 22.6 Å². The van der Waals surface area contributed by atoms with E-state index in [-0.39, 0.29) is 0 Å². The summed E-state index contributed by atoms with van der Waals surface area (Å²) in [4.78, 5) is 4.58. The molecule has 0 atom stereocenters. The molecule has 2 aromatic heterocycles. The molecule has 6 rings (SSSR count). The van der Waals surface area contributed by atoms with E-state index in [9.17, 15) is 0 Å². The summed E-state index contributed by atoms with van der Waals surface area (Å²) >= 11 is 0. The first-order valence-electron chi connectivity index (χ1n) is 9.23. The molecule has 0 bridgehead atoms. The zero-order valence-electron chi connectivity index (χ0n) is 14.9. The number of rotatable bonds is 2. The Morgan fingerprint density at radius 2 is 1.25 bits per heavy atom. The Bertz CT molecular complexity index is 1420. The SMILES string of the molecule is c1ccc2oc(-c3ccc(-c4cccc5c4oc4ccccc45)cc3)nc2c1. The number of fused-ring (bicyclic) bond motifs is 4. The van der Waals surface area contributed by atoms with Crippen molar-refractivity contribution in [2.75, 3.05) is 0 Å². The van der Waals surface area contributed by atoms with Gasteiger partial charge in [-0.2, -0.15) is 0 Å². The maximum Gasteiger partial charge on any atom is 0.227 e. The van der Waals surface area contributed by atoms with Crippen LogP contribution in [-0.4, -0.2) is 4.98 Å². The monoisotopic (exact) mass is 361 g/mol. The smallest absolute Gasteiger partial charge is 0.227 e. The fraction of sp³-hybridized carbons (Fsp3) is 0. The van der Waals surface area contributed by atoms with Crippen LogP contribution < -0.4 is 0 Å². The van der Waals surface area contributed by atoms with E-state index in [0.717, 1.165) is 49.7 Å². The van der Waals surface area contributed by atoms with E-state index in [1.165, 1.54) is 0 Å². The van der Waals surface area contributed by atoms with Gasteiger partial charge in [-0.1, -0.05) is 60.7 Å². The number of hydrogen-bond donors (Lipinski definition) is 0. The molecule has 0 saturated carbocycles. The summed E-state index contributed by atoms with van der Waals surface area (Å²) in [5.74, 6) is 0.634. The molecule has 0 aliphatic heterocycles. The first-order chi connectivity index (χ1) is 13.9. The van der Waals surface area contributed by atoms with Crippen LogP contribution in [0.2, 0.25) is 0 Å². The highest BCUT2D eigenvalue weighted by atomic mass is 16.3. The van der Waals surface area contributed by atoms with Crippen LogP contribution in [0, 0.1) is 0 Å². The minimum atomic E-state index is 0.634. The molecule has 0 spiro atoms. The normalized spacial score (nSPS) is 11.6. The van der Waals surface area contributed by atoms with Crippen molar-refractivity contribution in [2.24, 2.45) is 0 Å². The van der Waals surface area contributed by atoms with E-state index < -0.39 is 0 Å². The van der Waals surface area contributed by atoms with E-state index in [2.05, 4.69) is 41.4 Å². The molecule has 0 unspecified atom stereocenters. The van der Waals surface area contributed by atoms with Crippen molar-refractivity contribution in [2.45, 2.75) is 0 Å². The summed E-state index contributed by atoms with van der Waals surface area (Å²) in [6.45, 7) is 0. The topological polar surface area (TPSA) is 39.2 Å². The number of furan rings is 1. The predicted octanol–water partition coefficient (Wildman–Crippen LogP) is 7.06. The van der Waals surface area contributed by atoms with Gasteiger partial charge in [0.25, 0.3) is 0 Å². The lowest BCUT2D eigenvalue weighted by Gasteiger charge is -2.03. The van der Waals surface area contributed by atoms with Crippen LogP contribution in [0.25, 0.3) is 55.6 Å². The lowest BCUT2D eigenvalue weighted by atomic mass is 10.0. The highest BCUT2D eigenvalue weighted by Gasteiger charge is 2.13. The van der Waals surface area contributed by atoms with Crippen molar-refractivity contribution in [3.05, 3.63) is 91.0 Å². The average Bonchev–Trinajstić information content (AvgIpc) is 3.35. The van der Waals surface area contributed by atoms with Crippen molar-refractivity contribution in [1.82, 2.24) is 4.98 Å². The number of aromatic nitrogens is 1. The maximum absolute atomic E-state index is 6.16. The van der Waals surface area contributed by atoms with Crippen molar-refractivity contribution in [3.63, 3.8) is 0 Å². The highest BCUT2D eigenvalue weighted by Crippen LogP contribution is 2.36. The number of hydrogen-bond acceptors (Lipinski definition) is 3. The zero-order valence-corrected chi connectivity index (χ0v) is 14.9. The van der Waals surface area contributed by atoms with Gasteiger partial charge >= 0.3 is 0 Å². The fourth-order valence-electron chi connectivity index (χ4n) is 3.76. The van der Waals surface area contributed by atoms with Gasteiger partial charge in [-0.15, -0.1) is 0 Å². The summed E-state index contributed by atoms with van der Waals surface area (Å²) < 4.78 is 12.0. The quantitative estimate of drug-likeness (QED) is 0.331. The number of para-hydroxylation sites is 4. The second-order valence-corrected chi connectivity index (χ2v) is 6.84. The van der Waals surface area contributed by atoms with Crippen LogP contribution in [0.5, 0.6) is 0 Å². The molecule has 3 nitrogen and oxygen atoms in total. The summed E-state index contributed by atoms with van der Waals surface area (Å²) in [5.41, 5.74) is 6.63. The molecular weight excluding hydrogens is 346 g/mol. The van der Waals surface area contributed by atoms with E-state index in [1.807, 2.05) is 54.6 Å². The van der Waals surface area contributed by atoms with Crippen molar-refractivity contribution < 1.29 is 8.83 Å². The first-order valence-corrected chi connectivity index (χ1v) is 9.23. The van der Waals surface area contributed by atoms with Gasteiger partial charge in [-0.25, -0.2) is 4.98 Å². The Morgan fingerprint density at radius 1 is 0.536 bits per heavy atom. The Kier molecular flexibility index (Phi) is 3.17. The molecule has 2 heterocycles. The fourth-order valence-corrected chi connectivity index (χ4v) is 3.76. The van der Waals surface area contributed by atoms with Gasteiger partial charge in [0.05, 0.1) is 0 Å². The van der Waals surface area contributed by atoms with Gasteiger partial charge < -0.3 is 8.83 Å². The molecule has 28 heavy (non-hydrogen) atoms. The predicted molar refractivity (Wildman–Crippen MR) is 112 cm³/mol. The van der Waals surface area contributed by atoms with Crippen LogP contribution in [0.3, 0.4) is 0 Å². The van der Waals surface area contributed by atoms with Crippen LogP contribution in [-0.2, 0) is 0 Å². The molecule has 0 aliphatic rings. The molecule has 6 aromatic rings. The number of benzene rings is 4. The van der Waals surface area contributed by atoms with E-state index >= 15 is 0 Å². The van der Waals surface area contributed by atoms with Crippen LogP contribution in [0.4, 0.5) is 0 Å². The van der Waals surface area contributed by atoms with Gasteiger partial charge in [0.1, 0.15) is 16.7 Å². The van der Waals surface area contributed by atoms with Gasteiger partial charge in [0.2, 0.25) is 5.89 Å². The molecule has 0 aliphatic carbocycles. The summed E-state index contributed by atoms with van der Waals surface area (Å²) in [5, 5.41) is 2.28. The second-order valence-electron chi connectivity index (χ2n) is 6.84. The summed E-state index contributed by atoms with van der Waals surface area (Å²) in [6, 6.07) is 30.5. The van der Waals surface area contributed by atoms with E-state index in [1.54, 1.807) is 0 Å². The summed E-state index contributed by atoms with van der Waals surface area (Å²) in [7, 11) is 0. The zero-order chi connectivity index (χ0) is 18.5. The highest BCUT2D eigenvalue weighted by molar-refractivity contribution is 6.09. The van der Waals surface area contributed by atoms with Crippen LogP contribution >= 0.6 is 0 Å². The first kappa shape index (κ1) is 15.2. The third-order valence-corrected chi connectivity index (χ3v) is 5.14. The maximum atomic E-state index is 6.16. The lowest BCUT2D eigenvalue weighted by Crippen LogP contribution is -1.81. The van der Waals surface area contributed by atoms with Crippen molar-refractivity contribution >= 4 is 33.0 Å². The largest absolute Gasteiger partial charge is 0.455 e. The second kappa shape index (κ2) is 5.83. The summed E-state index contributed by atoms with van der Waals surface area (Å²) in [6.07, 6.45) is 0. The molecule has 4 aromatic carbocycles. The number of oxazole rings is 1. The van der Waals surface area contributed by atoms with Crippen molar-refractivity contribution in [1.29, 1.82) is 0 Å². The van der Waals surface area contributed by atoms with E-state index in [0.29, 0.717) is 5.89 Å². The minimum Gasteiger partial charge on any atom is -0.455 e. The Morgan fingerprint density at radius 3 is 2.11 bits per heavy atom. The van der Waals surface area contributed by atoms with Crippen LogP contribution in [0.15, 0.2) is 99.8 Å².